The molecule has 1 aliphatic heterocycles. The zero-order valence-electron chi connectivity index (χ0n) is 11.6. The monoisotopic (exact) mass is 289 g/mol. The van der Waals surface area contributed by atoms with Gasteiger partial charge in [0.1, 0.15) is 5.82 Å². The number of para-hydroxylation sites is 1. The number of nitrogens with zero attached hydrogens (tertiary/aromatic N) is 3. The van der Waals surface area contributed by atoms with Crippen molar-refractivity contribution in [1.82, 2.24) is 9.55 Å². The van der Waals surface area contributed by atoms with E-state index in [-0.39, 0.29) is 11.7 Å². The van der Waals surface area contributed by atoms with Gasteiger partial charge in [-0.25, -0.2) is 9.79 Å². The molecule has 1 aliphatic rings. The quantitative estimate of drug-likeness (QED) is 0.860. The summed E-state index contributed by atoms with van der Waals surface area (Å²) >= 11 is 6.13. The molecule has 3 rings (SSSR count). The maximum absolute atomic E-state index is 12.3. The van der Waals surface area contributed by atoms with Gasteiger partial charge in [0.25, 0.3) is 0 Å². The van der Waals surface area contributed by atoms with E-state index in [4.69, 9.17) is 11.6 Å². The lowest BCUT2D eigenvalue weighted by atomic mass is 10.1. The highest BCUT2D eigenvalue weighted by Crippen LogP contribution is 2.35. The molecule has 0 spiro atoms. The van der Waals surface area contributed by atoms with E-state index in [9.17, 15) is 4.79 Å². The van der Waals surface area contributed by atoms with E-state index in [1.807, 2.05) is 19.1 Å². The Balaban J connectivity index is 2.25. The first-order valence-electron chi connectivity index (χ1n) is 6.89. The molecule has 20 heavy (non-hydrogen) atoms. The largest absolute Gasteiger partial charge is 0.350 e. The Kier molecular flexibility index (Phi) is 3.34. The summed E-state index contributed by atoms with van der Waals surface area (Å²) in [5.41, 5.74) is 1.25. The van der Waals surface area contributed by atoms with Crippen LogP contribution in [0.25, 0.3) is 10.9 Å². The van der Waals surface area contributed by atoms with E-state index in [2.05, 4.69) is 16.9 Å². The molecule has 0 N–H and O–H groups in total. The number of aromatic nitrogens is 2. The molecule has 2 aromatic rings. The van der Waals surface area contributed by atoms with Gasteiger partial charge in [-0.2, -0.15) is 4.98 Å². The third kappa shape index (κ3) is 1.95. The molecule has 0 amide bonds. The van der Waals surface area contributed by atoms with Crippen molar-refractivity contribution in [2.45, 2.75) is 39.2 Å². The summed E-state index contributed by atoms with van der Waals surface area (Å²) in [6.07, 6.45) is 3.09. The van der Waals surface area contributed by atoms with Crippen LogP contribution in [0.2, 0.25) is 5.02 Å². The Labute approximate surface area is 122 Å². The first-order chi connectivity index (χ1) is 9.63. The fourth-order valence-electron chi connectivity index (χ4n) is 2.74. The molecular formula is C15H16ClN3O. The second kappa shape index (κ2) is 5.02. The smallest absolute Gasteiger partial charge is 0.267 e. The predicted octanol–water partition coefficient (Wildman–Crippen LogP) is 3.89. The third-order valence-electron chi connectivity index (χ3n) is 3.78. The zero-order valence-corrected chi connectivity index (χ0v) is 12.3. The Morgan fingerprint density at radius 2 is 2.20 bits per heavy atom. The van der Waals surface area contributed by atoms with Crippen LogP contribution in [-0.4, -0.2) is 15.3 Å². The number of unbranched alkanes of at least 4 members (excludes halogenated alkanes) is 1. The molecule has 104 valence electrons. The van der Waals surface area contributed by atoms with Crippen molar-refractivity contribution in [3.8, 4) is 0 Å². The average Bonchev–Trinajstić information content (AvgIpc) is 2.75. The Morgan fingerprint density at radius 1 is 1.40 bits per heavy atom. The molecule has 0 saturated heterocycles. The first kappa shape index (κ1) is 13.3. The highest BCUT2D eigenvalue weighted by molar-refractivity contribution is 6.35. The molecule has 4 nitrogen and oxygen atoms in total. The van der Waals surface area contributed by atoms with Gasteiger partial charge in [-0.3, -0.25) is 4.57 Å². The van der Waals surface area contributed by atoms with Crippen LogP contribution in [0.3, 0.4) is 0 Å². The lowest BCUT2D eigenvalue weighted by Crippen LogP contribution is -2.27. The number of halogens is 1. The number of hydrogen-bond acceptors (Lipinski definition) is 3. The Morgan fingerprint density at radius 3 is 2.95 bits per heavy atom. The van der Waals surface area contributed by atoms with Crippen molar-refractivity contribution in [3.63, 3.8) is 0 Å². The molecule has 1 aromatic heterocycles. The highest BCUT2D eigenvalue weighted by atomic mass is 35.5. The van der Waals surface area contributed by atoms with Crippen LogP contribution in [0.15, 0.2) is 28.0 Å². The summed E-state index contributed by atoms with van der Waals surface area (Å²) in [6, 6.07) is 5.56. The lowest BCUT2D eigenvalue weighted by molar-refractivity contribution is 0.552. The van der Waals surface area contributed by atoms with E-state index in [0.717, 1.165) is 30.4 Å². The van der Waals surface area contributed by atoms with Crippen LogP contribution in [-0.2, 0) is 0 Å². The number of benzene rings is 1. The summed E-state index contributed by atoms with van der Waals surface area (Å²) in [5.74, 6) is 0.695. The van der Waals surface area contributed by atoms with Crippen LogP contribution >= 0.6 is 11.6 Å². The third-order valence-corrected chi connectivity index (χ3v) is 4.08. The summed E-state index contributed by atoms with van der Waals surface area (Å²) in [7, 11) is 0. The molecule has 0 aliphatic carbocycles. The number of aliphatic imine (C=N–C) groups is 1. The summed E-state index contributed by atoms with van der Waals surface area (Å²) in [6.45, 7) is 4.12. The molecule has 1 atom stereocenters. The van der Waals surface area contributed by atoms with Gasteiger partial charge in [0.2, 0.25) is 0 Å². The minimum Gasteiger partial charge on any atom is -0.267 e. The molecule has 0 radical (unpaired) electrons. The maximum Gasteiger partial charge on any atom is 0.350 e. The lowest BCUT2D eigenvalue weighted by Gasteiger charge is -2.14. The molecule has 1 aromatic carbocycles. The van der Waals surface area contributed by atoms with Crippen LogP contribution in [0.4, 0.5) is 5.82 Å². The second-order valence-corrected chi connectivity index (χ2v) is 5.54. The van der Waals surface area contributed by atoms with Gasteiger partial charge >= 0.3 is 5.69 Å². The minimum absolute atomic E-state index is 0.0355. The van der Waals surface area contributed by atoms with Gasteiger partial charge in [0, 0.05) is 11.1 Å². The van der Waals surface area contributed by atoms with Gasteiger partial charge < -0.3 is 0 Å². The average molecular weight is 290 g/mol. The van der Waals surface area contributed by atoms with Gasteiger partial charge in [-0.15, -0.1) is 0 Å². The van der Waals surface area contributed by atoms with E-state index in [0.29, 0.717) is 16.4 Å². The van der Waals surface area contributed by atoms with Crippen LogP contribution in [0.5, 0.6) is 0 Å². The maximum atomic E-state index is 12.3. The molecule has 0 saturated carbocycles. The van der Waals surface area contributed by atoms with Crippen molar-refractivity contribution in [2.24, 2.45) is 4.99 Å². The van der Waals surface area contributed by atoms with E-state index < -0.39 is 0 Å². The summed E-state index contributed by atoms with van der Waals surface area (Å²) in [5, 5.41) is 1.34. The van der Waals surface area contributed by atoms with E-state index >= 15 is 0 Å². The molecule has 5 heteroatoms. The molecule has 1 unspecified atom stereocenters. The van der Waals surface area contributed by atoms with Gasteiger partial charge in [-0.1, -0.05) is 37.4 Å². The number of hydrogen-bond donors (Lipinski definition) is 0. The normalized spacial score (nSPS) is 17.4. The van der Waals surface area contributed by atoms with Gasteiger partial charge in [0.05, 0.1) is 16.6 Å². The standard InChI is InChI=1S/C15H16ClN3O/c1-3-4-8-12-9(2)17-14-10-6-5-7-11(16)13(10)18-15(20)19(12)14/h5-7,12H,3-4,8H2,1-2H3. The molecular weight excluding hydrogens is 274 g/mol. The first-order valence-corrected chi connectivity index (χ1v) is 7.27. The minimum atomic E-state index is -0.262. The topological polar surface area (TPSA) is 47.2 Å². The molecule has 0 fully saturated rings. The summed E-state index contributed by atoms with van der Waals surface area (Å²) in [4.78, 5) is 21.1. The zero-order chi connectivity index (χ0) is 14.3. The van der Waals surface area contributed by atoms with Crippen molar-refractivity contribution >= 4 is 34.0 Å². The fourth-order valence-corrected chi connectivity index (χ4v) is 2.95. The molecule has 0 bridgehead atoms. The van der Waals surface area contributed by atoms with Crippen LogP contribution < -0.4 is 5.69 Å². The second-order valence-electron chi connectivity index (χ2n) is 5.14. The fraction of sp³-hybridized carbons (Fsp3) is 0.400. The number of rotatable bonds is 3. The van der Waals surface area contributed by atoms with Crippen molar-refractivity contribution in [1.29, 1.82) is 0 Å². The SMILES string of the molecule is CCCCC1C(C)=Nc2c3cccc(Cl)c3nc(=O)n21. The number of fused-ring (bicyclic) bond motifs is 3. The predicted molar refractivity (Wildman–Crippen MR) is 82.3 cm³/mol. The van der Waals surface area contributed by atoms with Crippen LogP contribution in [0.1, 0.15) is 39.2 Å². The van der Waals surface area contributed by atoms with Crippen LogP contribution in [0, 0.1) is 0 Å². The van der Waals surface area contributed by atoms with E-state index in [1.165, 1.54) is 0 Å². The summed E-state index contributed by atoms with van der Waals surface area (Å²) < 4.78 is 1.71. The van der Waals surface area contributed by atoms with Crippen molar-refractivity contribution in [2.75, 3.05) is 0 Å². The Hall–Kier alpha value is -1.68. The highest BCUT2D eigenvalue weighted by Gasteiger charge is 2.27. The Bertz CT molecular complexity index is 764. The van der Waals surface area contributed by atoms with Gasteiger partial charge in [0.15, 0.2) is 0 Å². The van der Waals surface area contributed by atoms with Crippen molar-refractivity contribution in [3.05, 3.63) is 33.7 Å². The van der Waals surface area contributed by atoms with Gasteiger partial charge in [-0.05, 0) is 25.5 Å². The van der Waals surface area contributed by atoms with E-state index in [1.54, 1.807) is 10.6 Å². The molecule has 2 heterocycles. The van der Waals surface area contributed by atoms with Crippen molar-refractivity contribution < 1.29 is 0 Å².